The number of anilines is 1. The Bertz CT molecular complexity index is 1540. The van der Waals surface area contributed by atoms with E-state index in [0.717, 1.165) is 4.90 Å². The average Bonchev–Trinajstić information content (AvgIpc) is 2.77. The molecule has 0 aliphatic rings. The molecular weight excluding hydrogens is 512 g/mol. The van der Waals surface area contributed by atoms with Crippen molar-refractivity contribution in [3.63, 3.8) is 0 Å². The normalized spacial score (nSPS) is 11.5. The number of nitrogens with zero attached hydrogens (tertiary/aromatic N) is 2. The molecule has 4 aromatic rings. The largest absolute Gasteiger partial charge is 0.506 e. The first kappa shape index (κ1) is 22.6. The lowest BCUT2D eigenvalue weighted by Gasteiger charge is -2.25. The van der Waals surface area contributed by atoms with Gasteiger partial charge < -0.3 is 15.0 Å². The van der Waals surface area contributed by atoms with Gasteiger partial charge in [-0.25, -0.2) is 18.5 Å². The number of nitrogens with one attached hydrogen (secondary N) is 1. The maximum absolute atomic E-state index is 13.7. The summed E-state index contributed by atoms with van der Waals surface area (Å²) in [4.78, 5) is 33.7. The SMILES string of the molecule is NS(=O)(=O)c1cc(Br)ccc1N(Cc1ccccc1)C(=O)c1c(O)c2cccnc2[nH]c1=O. The summed E-state index contributed by atoms with van der Waals surface area (Å²) in [6.07, 6.45) is 1.43. The fourth-order valence-electron chi connectivity index (χ4n) is 3.41. The van der Waals surface area contributed by atoms with Crippen LogP contribution in [0.1, 0.15) is 15.9 Å². The van der Waals surface area contributed by atoms with E-state index in [-0.39, 0.29) is 28.2 Å². The summed E-state index contributed by atoms with van der Waals surface area (Å²) in [7, 11) is -4.25. The van der Waals surface area contributed by atoms with Crippen molar-refractivity contribution in [2.24, 2.45) is 5.14 Å². The smallest absolute Gasteiger partial charge is 0.268 e. The highest BCUT2D eigenvalue weighted by Crippen LogP contribution is 2.32. The molecule has 1 amide bonds. The number of hydrogen-bond donors (Lipinski definition) is 3. The van der Waals surface area contributed by atoms with Gasteiger partial charge in [0.1, 0.15) is 21.9 Å². The summed E-state index contributed by atoms with van der Waals surface area (Å²) >= 11 is 3.21. The zero-order valence-corrected chi connectivity index (χ0v) is 19.3. The maximum Gasteiger partial charge on any atom is 0.268 e. The first-order chi connectivity index (χ1) is 15.7. The zero-order chi connectivity index (χ0) is 23.8. The van der Waals surface area contributed by atoms with Gasteiger partial charge in [0.25, 0.3) is 11.5 Å². The number of H-pyrrole nitrogens is 1. The molecule has 0 aliphatic carbocycles. The van der Waals surface area contributed by atoms with Crippen LogP contribution in [0.25, 0.3) is 11.0 Å². The van der Waals surface area contributed by atoms with E-state index in [0.29, 0.717) is 10.0 Å². The molecule has 9 nitrogen and oxygen atoms in total. The molecule has 0 atom stereocenters. The van der Waals surface area contributed by atoms with Crippen LogP contribution in [0.4, 0.5) is 5.69 Å². The maximum atomic E-state index is 13.7. The van der Waals surface area contributed by atoms with Crippen molar-refractivity contribution in [1.29, 1.82) is 0 Å². The second kappa shape index (κ2) is 8.77. The summed E-state index contributed by atoms with van der Waals surface area (Å²) in [5.74, 6) is -1.46. The Balaban J connectivity index is 1.95. The molecule has 2 aromatic heterocycles. The van der Waals surface area contributed by atoms with Gasteiger partial charge in [-0.2, -0.15) is 0 Å². The number of carbonyl (C=O) groups is 1. The minimum Gasteiger partial charge on any atom is -0.506 e. The van der Waals surface area contributed by atoms with Gasteiger partial charge in [0, 0.05) is 10.7 Å². The van der Waals surface area contributed by atoms with Crippen molar-refractivity contribution in [2.45, 2.75) is 11.4 Å². The number of primary sulfonamides is 1. The number of sulfonamides is 1. The number of benzene rings is 2. The molecule has 0 saturated heterocycles. The predicted octanol–water partition coefficient (Wildman–Crippen LogP) is 2.89. The Kier molecular flexibility index (Phi) is 6.02. The molecular formula is C22H17BrN4O5S. The average molecular weight is 529 g/mol. The predicted molar refractivity (Wildman–Crippen MR) is 126 cm³/mol. The van der Waals surface area contributed by atoms with E-state index in [4.69, 9.17) is 5.14 Å². The van der Waals surface area contributed by atoms with Gasteiger partial charge in [0.05, 0.1) is 17.6 Å². The number of amides is 1. The van der Waals surface area contributed by atoms with E-state index < -0.39 is 32.8 Å². The molecule has 2 aromatic carbocycles. The summed E-state index contributed by atoms with van der Waals surface area (Å²) in [6.45, 7) is -0.0895. The molecule has 0 bridgehead atoms. The molecule has 33 heavy (non-hydrogen) atoms. The molecule has 11 heteroatoms. The number of aromatic amines is 1. The first-order valence-corrected chi connectivity index (χ1v) is 11.9. The van der Waals surface area contributed by atoms with Crippen molar-refractivity contribution in [1.82, 2.24) is 9.97 Å². The Morgan fingerprint density at radius 3 is 2.55 bits per heavy atom. The number of halogens is 1. The fraction of sp³-hybridized carbons (Fsp3) is 0.0455. The molecule has 4 rings (SSSR count). The van der Waals surface area contributed by atoms with Gasteiger partial charge in [-0.15, -0.1) is 0 Å². The Morgan fingerprint density at radius 2 is 1.85 bits per heavy atom. The number of aromatic hydroxyl groups is 1. The number of hydrogen-bond acceptors (Lipinski definition) is 6. The second-order valence-corrected chi connectivity index (χ2v) is 9.56. The molecule has 0 fully saturated rings. The standard InChI is InChI=1S/C22H17BrN4O5S/c23-14-8-9-16(17(11-14)33(24,31)32)27(12-13-5-2-1-3-6-13)22(30)18-19(28)15-7-4-10-25-20(15)26-21(18)29/h1-11H,12H2,(H2,24,31,32)(H2,25,26,28,29). The highest BCUT2D eigenvalue weighted by molar-refractivity contribution is 9.10. The molecule has 4 N–H and O–H groups in total. The number of carbonyl (C=O) groups excluding carboxylic acids is 1. The van der Waals surface area contributed by atoms with E-state index in [2.05, 4.69) is 25.9 Å². The van der Waals surface area contributed by atoms with Gasteiger partial charge in [-0.05, 0) is 35.9 Å². The van der Waals surface area contributed by atoms with Crippen LogP contribution >= 0.6 is 15.9 Å². The third-order valence-electron chi connectivity index (χ3n) is 4.92. The molecule has 0 spiro atoms. The second-order valence-electron chi connectivity index (χ2n) is 7.11. The number of rotatable bonds is 5. The molecule has 0 unspecified atom stereocenters. The fourth-order valence-corrected chi connectivity index (χ4v) is 4.69. The van der Waals surface area contributed by atoms with Crippen LogP contribution in [0.3, 0.4) is 0 Å². The molecule has 0 saturated carbocycles. The molecule has 168 valence electrons. The van der Waals surface area contributed by atoms with Crippen LogP contribution in [0.2, 0.25) is 0 Å². The molecule has 2 heterocycles. The number of fused-ring (bicyclic) bond motifs is 1. The van der Waals surface area contributed by atoms with Gasteiger partial charge in [0.15, 0.2) is 0 Å². The Labute approximate surface area is 196 Å². The number of pyridine rings is 2. The summed E-state index contributed by atoms with van der Waals surface area (Å²) in [6, 6.07) is 16.0. The van der Waals surface area contributed by atoms with E-state index in [1.807, 2.05) is 0 Å². The van der Waals surface area contributed by atoms with E-state index >= 15 is 0 Å². The number of nitrogens with two attached hydrogens (primary N) is 1. The number of aromatic nitrogens is 2. The van der Waals surface area contributed by atoms with Gasteiger partial charge in [-0.3, -0.25) is 9.59 Å². The minimum absolute atomic E-state index is 0.0420. The highest BCUT2D eigenvalue weighted by atomic mass is 79.9. The summed E-state index contributed by atoms with van der Waals surface area (Å²) in [5, 5.41) is 16.4. The molecule has 0 radical (unpaired) electrons. The lowest BCUT2D eigenvalue weighted by Crippen LogP contribution is -2.36. The lowest BCUT2D eigenvalue weighted by molar-refractivity contribution is 0.0981. The zero-order valence-electron chi connectivity index (χ0n) is 16.9. The minimum atomic E-state index is -4.25. The van der Waals surface area contributed by atoms with E-state index in [9.17, 15) is 23.1 Å². The van der Waals surface area contributed by atoms with Crippen molar-refractivity contribution in [2.75, 3.05) is 4.90 Å². The quantitative estimate of drug-likeness (QED) is 0.362. The Hall–Kier alpha value is -3.54. The van der Waals surface area contributed by atoms with E-state index in [1.165, 1.54) is 24.4 Å². The Morgan fingerprint density at radius 1 is 1.12 bits per heavy atom. The van der Waals surface area contributed by atoms with Crippen LogP contribution in [0.15, 0.2) is 81.0 Å². The van der Waals surface area contributed by atoms with Crippen molar-refractivity contribution in [3.05, 3.63) is 92.8 Å². The highest BCUT2D eigenvalue weighted by Gasteiger charge is 2.29. The van der Waals surface area contributed by atoms with Crippen molar-refractivity contribution < 1.29 is 18.3 Å². The first-order valence-electron chi connectivity index (χ1n) is 9.55. The van der Waals surface area contributed by atoms with Gasteiger partial charge in [0.2, 0.25) is 10.0 Å². The van der Waals surface area contributed by atoms with Gasteiger partial charge in [-0.1, -0.05) is 46.3 Å². The third-order valence-corrected chi connectivity index (χ3v) is 6.35. The van der Waals surface area contributed by atoms with Crippen LogP contribution in [0, 0.1) is 0 Å². The van der Waals surface area contributed by atoms with Crippen LogP contribution < -0.4 is 15.6 Å². The van der Waals surface area contributed by atoms with E-state index in [1.54, 1.807) is 42.5 Å². The van der Waals surface area contributed by atoms with Crippen LogP contribution in [-0.2, 0) is 16.6 Å². The van der Waals surface area contributed by atoms with Gasteiger partial charge >= 0.3 is 0 Å². The molecule has 0 aliphatic heterocycles. The van der Waals surface area contributed by atoms with Crippen molar-refractivity contribution >= 4 is 48.6 Å². The summed E-state index contributed by atoms with van der Waals surface area (Å²) in [5.41, 5.74) is -0.682. The van der Waals surface area contributed by atoms with Crippen LogP contribution in [-0.4, -0.2) is 29.4 Å². The van der Waals surface area contributed by atoms with Crippen LogP contribution in [0.5, 0.6) is 5.75 Å². The third kappa shape index (κ3) is 4.51. The summed E-state index contributed by atoms with van der Waals surface area (Å²) < 4.78 is 25.1. The van der Waals surface area contributed by atoms with Crippen molar-refractivity contribution in [3.8, 4) is 5.75 Å². The lowest BCUT2D eigenvalue weighted by atomic mass is 10.1. The monoisotopic (exact) mass is 528 g/mol. The topological polar surface area (TPSA) is 146 Å².